The van der Waals surface area contributed by atoms with Gasteiger partial charge in [-0.05, 0) is 12.3 Å². The highest BCUT2D eigenvalue weighted by Gasteiger charge is 2.17. The maximum absolute atomic E-state index is 11.6. The molecule has 6 heteroatoms. The van der Waals surface area contributed by atoms with E-state index >= 15 is 0 Å². The van der Waals surface area contributed by atoms with Crippen LogP contribution in [-0.4, -0.2) is 47.8 Å². The Morgan fingerprint density at radius 2 is 2.28 bits per heavy atom. The van der Waals surface area contributed by atoms with Crippen molar-refractivity contribution in [1.82, 2.24) is 10.6 Å². The van der Waals surface area contributed by atoms with Crippen LogP contribution < -0.4 is 10.6 Å². The van der Waals surface area contributed by atoms with Gasteiger partial charge in [0.15, 0.2) is 0 Å². The van der Waals surface area contributed by atoms with Crippen molar-refractivity contribution in [3.8, 4) is 0 Å². The summed E-state index contributed by atoms with van der Waals surface area (Å²) in [6.45, 7) is 5.48. The van der Waals surface area contributed by atoms with Gasteiger partial charge in [0.1, 0.15) is 0 Å². The standard InChI is InChI=1S/C12H24N2O2S.ClH/c1-9(2)5-11(15)7-14-12(16)6-10-8-17-4-3-13-10;/h9-11,13,15H,3-8H2,1-2H3,(H,14,16);1H. The number of nitrogens with one attached hydrogen (secondary N) is 2. The van der Waals surface area contributed by atoms with Crippen molar-refractivity contribution in [2.45, 2.75) is 38.8 Å². The molecular formula is C12H25ClN2O2S. The number of aliphatic hydroxyl groups is 1. The fourth-order valence-electron chi connectivity index (χ4n) is 1.91. The van der Waals surface area contributed by atoms with Crippen molar-refractivity contribution in [3.05, 3.63) is 0 Å². The Kier molecular flexibility index (Phi) is 9.91. The molecule has 0 radical (unpaired) electrons. The number of aliphatic hydroxyl groups excluding tert-OH is 1. The Morgan fingerprint density at radius 1 is 1.56 bits per heavy atom. The highest BCUT2D eigenvalue weighted by atomic mass is 35.5. The topological polar surface area (TPSA) is 61.4 Å². The minimum Gasteiger partial charge on any atom is -0.391 e. The zero-order valence-corrected chi connectivity index (χ0v) is 12.8. The highest BCUT2D eigenvalue weighted by molar-refractivity contribution is 7.99. The van der Waals surface area contributed by atoms with Gasteiger partial charge in [-0.25, -0.2) is 0 Å². The van der Waals surface area contributed by atoms with Crippen LogP contribution in [0.4, 0.5) is 0 Å². The molecule has 18 heavy (non-hydrogen) atoms. The second-order valence-electron chi connectivity index (χ2n) is 5.02. The first-order chi connectivity index (χ1) is 8.08. The van der Waals surface area contributed by atoms with Crippen LogP contribution in [0.2, 0.25) is 0 Å². The summed E-state index contributed by atoms with van der Waals surface area (Å²) in [6.07, 6.45) is 0.826. The molecule has 2 unspecified atom stereocenters. The third kappa shape index (κ3) is 8.19. The van der Waals surface area contributed by atoms with Crippen molar-refractivity contribution in [3.63, 3.8) is 0 Å². The van der Waals surface area contributed by atoms with Crippen LogP contribution in [0.15, 0.2) is 0 Å². The van der Waals surface area contributed by atoms with E-state index in [1.807, 2.05) is 11.8 Å². The maximum atomic E-state index is 11.6. The SMILES string of the molecule is CC(C)CC(O)CNC(=O)CC1CSCCN1.Cl. The van der Waals surface area contributed by atoms with E-state index in [0.717, 1.165) is 24.5 Å². The van der Waals surface area contributed by atoms with E-state index in [4.69, 9.17) is 0 Å². The molecule has 1 aliphatic rings. The lowest BCUT2D eigenvalue weighted by molar-refractivity contribution is -0.122. The smallest absolute Gasteiger partial charge is 0.221 e. The van der Waals surface area contributed by atoms with Crippen molar-refractivity contribution >= 4 is 30.1 Å². The molecule has 0 spiro atoms. The van der Waals surface area contributed by atoms with E-state index in [0.29, 0.717) is 18.9 Å². The predicted molar refractivity (Wildman–Crippen MR) is 79.5 cm³/mol. The van der Waals surface area contributed by atoms with Gasteiger partial charge < -0.3 is 15.7 Å². The molecule has 0 aliphatic carbocycles. The lowest BCUT2D eigenvalue weighted by Gasteiger charge is -2.23. The van der Waals surface area contributed by atoms with Gasteiger partial charge in [-0.3, -0.25) is 4.79 Å². The molecule has 0 aromatic heterocycles. The Bertz CT molecular complexity index is 236. The fourth-order valence-corrected chi connectivity index (χ4v) is 2.85. The molecule has 2 atom stereocenters. The monoisotopic (exact) mass is 296 g/mol. The van der Waals surface area contributed by atoms with Gasteiger partial charge in [0.25, 0.3) is 0 Å². The molecule has 0 saturated carbocycles. The lowest BCUT2D eigenvalue weighted by Crippen LogP contribution is -2.42. The first kappa shape index (κ1) is 18.0. The molecule has 0 aromatic carbocycles. The zero-order chi connectivity index (χ0) is 12.7. The van der Waals surface area contributed by atoms with Gasteiger partial charge in [0.2, 0.25) is 5.91 Å². The number of carbonyl (C=O) groups is 1. The van der Waals surface area contributed by atoms with Crippen LogP contribution in [0.5, 0.6) is 0 Å². The zero-order valence-electron chi connectivity index (χ0n) is 11.1. The van der Waals surface area contributed by atoms with Crippen LogP contribution in [0.25, 0.3) is 0 Å². The fraction of sp³-hybridized carbons (Fsp3) is 0.917. The molecule has 3 N–H and O–H groups in total. The molecule has 4 nitrogen and oxygen atoms in total. The predicted octanol–water partition coefficient (Wildman–Crippen LogP) is 1.03. The van der Waals surface area contributed by atoms with E-state index in [1.54, 1.807) is 0 Å². The number of hydrogen-bond donors (Lipinski definition) is 3. The van der Waals surface area contributed by atoms with Crippen molar-refractivity contribution in [2.24, 2.45) is 5.92 Å². The number of halogens is 1. The molecule has 108 valence electrons. The van der Waals surface area contributed by atoms with Crippen molar-refractivity contribution in [1.29, 1.82) is 0 Å². The van der Waals surface area contributed by atoms with Gasteiger partial charge in [-0.15, -0.1) is 12.4 Å². The first-order valence-electron chi connectivity index (χ1n) is 6.33. The highest BCUT2D eigenvalue weighted by Crippen LogP contribution is 2.10. The summed E-state index contributed by atoms with van der Waals surface area (Å²) in [7, 11) is 0. The minimum atomic E-state index is -0.423. The van der Waals surface area contributed by atoms with Crippen LogP contribution in [0, 0.1) is 5.92 Å². The number of rotatable bonds is 6. The van der Waals surface area contributed by atoms with Gasteiger partial charge >= 0.3 is 0 Å². The average molecular weight is 297 g/mol. The third-order valence-corrected chi connectivity index (χ3v) is 3.84. The van der Waals surface area contributed by atoms with Crippen molar-refractivity contribution in [2.75, 3.05) is 24.6 Å². The van der Waals surface area contributed by atoms with E-state index in [-0.39, 0.29) is 24.4 Å². The largest absolute Gasteiger partial charge is 0.391 e. The Balaban J connectivity index is 0.00000289. The third-order valence-electron chi connectivity index (χ3n) is 2.71. The van der Waals surface area contributed by atoms with Gasteiger partial charge in [0.05, 0.1) is 6.10 Å². The molecule has 1 rings (SSSR count). The van der Waals surface area contributed by atoms with Crippen LogP contribution in [0.3, 0.4) is 0 Å². The molecule has 1 amide bonds. The summed E-state index contributed by atoms with van der Waals surface area (Å²) >= 11 is 1.89. The Labute approximate surface area is 120 Å². The Hall–Kier alpha value is 0.0300. The van der Waals surface area contributed by atoms with E-state index in [9.17, 15) is 9.90 Å². The Morgan fingerprint density at radius 3 is 2.83 bits per heavy atom. The second kappa shape index (κ2) is 9.89. The number of thioether (sulfide) groups is 1. The van der Waals surface area contributed by atoms with Gasteiger partial charge in [-0.1, -0.05) is 13.8 Å². The summed E-state index contributed by atoms with van der Waals surface area (Å²) in [5.41, 5.74) is 0. The summed E-state index contributed by atoms with van der Waals surface area (Å²) in [4.78, 5) is 11.6. The average Bonchev–Trinajstić information content (AvgIpc) is 2.27. The molecule has 1 fully saturated rings. The van der Waals surface area contributed by atoms with E-state index in [1.165, 1.54) is 0 Å². The van der Waals surface area contributed by atoms with E-state index < -0.39 is 6.10 Å². The van der Waals surface area contributed by atoms with Crippen LogP contribution in [0.1, 0.15) is 26.7 Å². The van der Waals surface area contributed by atoms with Crippen LogP contribution in [-0.2, 0) is 4.79 Å². The number of amides is 1. The van der Waals surface area contributed by atoms with Gasteiger partial charge in [-0.2, -0.15) is 11.8 Å². The summed E-state index contributed by atoms with van der Waals surface area (Å²) < 4.78 is 0. The van der Waals surface area contributed by atoms with Gasteiger partial charge in [0, 0.05) is 37.1 Å². The number of hydrogen-bond acceptors (Lipinski definition) is 4. The number of carbonyl (C=O) groups excluding carboxylic acids is 1. The maximum Gasteiger partial charge on any atom is 0.221 e. The molecular weight excluding hydrogens is 272 g/mol. The summed E-state index contributed by atoms with van der Waals surface area (Å²) in [5.74, 6) is 2.62. The molecule has 1 saturated heterocycles. The summed E-state index contributed by atoms with van der Waals surface area (Å²) in [6, 6.07) is 0.288. The van der Waals surface area contributed by atoms with Crippen LogP contribution >= 0.6 is 24.2 Å². The molecule has 1 heterocycles. The van der Waals surface area contributed by atoms with E-state index in [2.05, 4.69) is 24.5 Å². The quantitative estimate of drug-likeness (QED) is 0.685. The first-order valence-corrected chi connectivity index (χ1v) is 7.49. The second-order valence-corrected chi connectivity index (χ2v) is 6.17. The molecule has 0 bridgehead atoms. The summed E-state index contributed by atoms with van der Waals surface area (Å²) in [5, 5.41) is 15.8. The lowest BCUT2D eigenvalue weighted by atomic mass is 10.1. The normalized spacial score (nSPS) is 21.2. The molecule has 0 aromatic rings. The molecule has 1 aliphatic heterocycles. The minimum absolute atomic E-state index is 0. The van der Waals surface area contributed by atoms with Crippen molar-refractivity contribution < 1.29 is 9.90 Å².